The molecule has 6 heteroatoms. The highest BCUT2D eigenvalue weighted by molar-refractivity contribution is 5.98. The van der Waals surface area contributed by atoms with Crippen LogP contribution in [0.25, 0.3) is 16.6 Å². The smallest absolute Gasteiger partial charge is 0.266 e. The Balaban J connectivity index is 1.77. The molecule has 150 valence electrons. The summed E-state index contributed by atoms with van der Waals surface area (Å²) in [6.07, 6.45) is 0.882. The number of aromatic nitrogens is 2. The number of hydrogen-bond acceptors (Lipinski definition) is 4. The zero-order chi connectivity index (χ0) is 20.4. The van der Waals surface area contributed by atoms with Crippen molar-refractivity contribution in [3.8, 4) is 5.69 Å². The van der Waals surface area contributed by atoms with Gasteiger partial charge in [-0.05, 0) is 50.3 Å². The molecule has 0 aliphatic carbocycles. The van der Waals surface area contributed by atoms with Gasteiger partial charge < -0.3 is 9.80 Å². The predicted octanol–water partition coefficient (Wildman–Crippen LogP) is 3.07. The first-order valence-corrected chi connectivity index (χ1v) is 10.3. The second kappa shape index (κ2) is 8.17. The molecule has 1 aliphatic heterocycles. The van der Waals surface area contributed by atoms with Crippen LogP contribution in [0.15, 0.2) is 53.3 Å². The Morgan fingerprint density at radius 3 is 2.52 bits per heavy atom. The molecule has 0 bridgehead atoms. The van der Waals surface area contributed by atoms with Gasteiger partial charge in [0.1, 0.15) is 5.82 Å². The molecule has 0 saturated heterocycles. The summed E-state index contributed by atoms with van der Waals surface area (Å²) < 4.78 is 1.61. The van der Waals surface area contributed by atoms with Crippen LogP contribution in [0.5, 0.6) is 0 Å². The molecular formula is C23H26N4O2. The molecule has 29 heavy (non-hydrogen) atoms. The summed E-state index contributed by atoms with van der Waals surface area (Å²) >= 11 is 0. The largest absolute Gasteiger partial charge is 0.331 e. The SMILES string of the molecule is CCN(CC)CCCN1Cc2nc3ccccc3c(=O)n2-c2ccccc2C1=O. The van der Waals surface area contributed by atoms with Gasteiger partial charge in [0, 0.05) is 6.54 Å². The Morgan fingerprint density at radius 2 is 1.72 bits per heavy atom. The van der Waals surface area contributed by atoms with Crippen LogP contribution in [0.4, 0.5) is 0 Å². The summed E-state index contributed by atoms with van der Waals surface area (Å²) in [5.41, 5.74) is 1.70. The average Bonchev–Trinajstić information content (AvgIpc) is 2.87. The van der Waals surface area contributed by atoms with Crippen molar-refractivity contribution in [1.29, 1.82) is 0 Å². The lowest BCUT2D eigenvalue weighted by Crippen LogP contribution is -2.34. The zero-order valence-electron chi connectivity index (χ0n) is 17.0. The van der Waals surface area contributed by atoms with Gasteiger partial charge in [-0.15, -0.1) is 0 Å². The van der Waals surface area contributed by atoms with E-state index in [-0.39, 0.29) is 11.5 Å². The number of para-hydroxylation sites is 2. The molecule has 2 aromatic carbocycles. The molecule has 1 amide bonds. The minimum absolute atomic E-state index is 0.0471. The second-order valence-electron chi connectivity index (χ2n) is 7.31. The molecule has 6 nitrogen and oxygen atoms in total. The maximum absolute atomic E-state index is 13.3. The fourth-order valence-electron chi connectivity index (χ4n) is 4.00. The Bertz CT molecular complexity index is 1100. The lowest BCUT2D eigenvalue weighted by Gasteiger charge is -2.23. The van der Waals surface area contributed by atoms with Gasteiger partial charge in [0.15, 0.2) is 0 Å². The van der Waals surface area contributed by atoms with Crippen molar-refractivity contribution in [2.45, 2.75) is 26.8 Å². The number of nitrogens with zero attached hydrogens (tertiary/aromatic N) is 4. The molecule has 1 aliphatic rings. The Hall–Kier alpha value is -2.99. The third-order valence-corrected chi connectivity index (χ3v) is 5.64. The van der Waals surface area contributed by atoms with Crippen molar-refractivity contribution in [3.05, 3.63) is 70.3 Å². The Morgan fingerprint density at radius 1 is 1.00 bits per heavy atom. The molecule has 0 unspecified atom stereocenters. The normalized spacial score (nSPS) is 13.5. The van der Waals surface area contributed by atoms with Gasteiger partial charge in [-0.3, -0.25) is 14.2 Å². The van der Waals surface area contributed by atoms with E-state index in [4.69, 9.17) is 4.98 Å². The van der Waals surface area contributed by atoms with Gasteiger partial charge >= 0.3 is 0 Å². The van der Waals surface area contributed by atoms with Crippen LogP contribution in [0.3, 0.4) is 0 Å². The van der Waals surface area contributed by atoms with Crippen molar-refractivity contribution < 1.29 is 4.79 Å². The van der Waals surface area contributed by atoms with Crippen molar-refractivity contribution in [3.63, 3.8) is 0 Å². The van der Waals surface area contributed by atoms with Crippen LogP contribution in [0.2, 0.25) is 0 Å². The molecule has 2 heterocycles. The van der Waals surface area contributed by atoms with E-state index in [0.29, 0.717) is 41.1 Å². The molecule has 0 N–H and O–H groups in total. The first-order valence-electron chi connectivity index (χ1n) is 10.3. The summed E-state index contributed by atoms with van der Waals surface area (Å²) in [7, 11) is 0. The van der Waals surface area contributed by atoms with Crippen molar-refractivity contribution in [2.24, 2.45) is 0 Å². The minimum atomic E-state index is -0.129. The monoisotopic (exact) mass is 390 g/mol. The molecule has 4 rings (SSSR count). The van der Waals surface area contributed by atoms with E-state index in [0.717, 1.165) is 26.1 Å². The van der Waals surface area contributed by atoms with Crippen molar-refractivity contribution in [1.82, 2.24) is 19.4 Å². The predicted molar refractivity (Wildman–Crippen MR) is 114 cm³/mol. The molecular weight excluding hydrogens is 364 g/mol. The fraction of sp³-hybridized carbons (Fsp3) is 0.348. The zero-order valence-corrected chi connectivity index (χ0v) is 17.0. The third kappa shape index (κ3) is 3.56. The molecule has 0 radical (unpaired) electrons. The van der Waals surface area contributed by atoms with Gasteiger partial charge in [-0.2, -0.15) is 0 Å². The number of benzene rings is 2. The number of carbonyl (C=O) groups is 1. The lowest BCUT2D eigenvalue weighted by molar-refractivity contribution is 0.0736. The van der Waals surface area contributed by atoms with Gasteiger partial charge in [-0.25, -0.2) is 4.98 Å². The molecule has 1 aromatic heterocycles. The third-order valence-electron chi connectivity index (χ3n) is 5.64. The standard InChI is InChI=1S/C23H26N4O2/c1-3-25(4-2)14-9-15-26-16-21-24-19-12-7-5-10-17(19)23(29)27(21)20-13-8-6-11-18(20)22(26)28/h5-8,10-13H,3-4,9,14-16H2,1-2H3. The number of hydrogen-bond donors (Lipinski definition) is 0. The highest BCUT2D eigenvalue weighted by Gasteiger charge is 2.27. The van der Waals surface area contributed by atoms with Crippen LogP contribution in [0.1, 0.15) is 36.5 Å². The summed E-state index contributed by atoms with van der Waals surface area (Å²) in [5, 5.41) is 0.563. The second-order valence-corrected chi connectivity index (χ2v) is 7.31. The van der Waals surface area contributed by atoms with E-state index < -0.39 is 0 Å². The van der Waals surface area contributed by atoms with E-state index in [1.807, 2.05) is 41.3 Å². The maximum Gasteiger partial charge on any atom is 0.266 e. The fourth-order valence-corrected chi connectivity index (χ4v) is 4.00. The number of fused-ring (bicyclic) bond motifs is 4. The highest BCUT2D eigenvalue weighted by atomic mass is 16.2. The Kier molecular flexibility index (Phi) is 5.45. The van der Waals surface area contributed by atoms with E-state index in [1.165, 1.54) is 0 Å². The van der Waals surface area contributed by atoms with Crippen LogP contribution in [-0.4, -0.2) is 51.4 Å². The maximum atomic E-state index is 13.3. The molecule has 0 saturated carbocycles. The van der Waals surface area contributed by atoms with Gasteiger partial charge in [0.2, 0.25) is 0 Å². The van der Waals surface area contributed by atoms with E-state index in [1.54, 1.807) is 16.7 Å². The minimum Gasteiger partial charge on any atom is -0.331 e. The van der Waals surface area contributed by atoms with Crippen LogP contribution in [-0.2, 0) is 6.54 Å². The summed E-state index contributed by atoms with van der Waals surface area (Å²) in [4.78, 5) is 35.5. The lowest BCUT2D eigenvalue weighted by atomic mass is 10.1. The quantitative estimate of drug-likeness (QED) is 0.649. The molecule has 0 fully saturated rings. The topological polar surface area (TPSA) is 58.4 Å². The van der Waals surface area contributed by atoms with E-state index >= 15 is 0 Å². The first kappa shape index (κ1) is 19.3. The molecule has 3 aromatic rings. The Labute approximate surface area is 170 Å². The number of amides is 1. The first-order chi connectivity index (χ1) is 14.1. The number of rotatable bonds is 6. The summed E-state index contributed by atoms with van der Waals surface area (Å²) in [6.45, 7) is 8.19. The summed E-state index contributed by atoms with van der Waals surface area (Å²) in [5.74, 6) is 0.559. The van der Waals surface area contributed by atoms with E-state index in [9.17, 15) is 9.59 Å². The molecule has 0 spiro atoms. The molecule has 0 atom stereocenters. The highest BCUT2D eigenvalue weighted by Crippen LogP contribution is 2.23. The number of carbonyl (C=O) groups excluding carboxylic acids is 1. The summed E-state index contributed by atoms with van der Waals surface area (Å²) in [6, 6.07) is 14.7. The van der Waals surface area contributed by atoms with Gasteiger partial charge in [-0.1, -0.05) is 38.1 Å². The van der Waals surface area contributed by atoms with Crippen LogP contribution < -0.4 is 5.56 Å². The van der Waals surface area contributed by atoms with Crippen molar-refractivity contribution in [2.75, 3.05) is 26.2 Å². The van der Waals surface area contributed by atoms with Gasteiger partial charge in [0.25, 0.3) is 11.5 Å². The van der Waals surface area contributed by atoms with Crippen LogP contribution >= 0.6 is 0 Å². The van der Waals surface area contributed by atoms with Crippen LogP contribution in [0, 0.1) is 0 Å². The van der Waals surface area contributed by atoms with E-state index in [2.05, 4.69) is 18.7 Å². The van der Waals surface area contributed by atoms with Gasteiger partial charge in [0.05, 0.1) is 28.7 Å². The van der Waals surface area contributed by atoms with Crippen molar-refractivity contribution >= 4 is 16.8 Å². The average molecular weight is 390 g/mol.